The third-order valence-corrected chi connectivity index (χ3v) is 1.27. The van der Waals surface area contributed by atoms with Crippen molar-refractivity contribution in [2.24, 2.45) is 4.99 Å². The van der Waals surface area contributed by atoms with Crippen molar-refractivity contribution in [2.45, 2.75) is 0 Å². The van der Waals surface area contributed by atoms with Crippen LogP contribution in [0.4, 0.5) is 11.5 Å². The number of aliphatic imine (C=N–C) groups is 1. The molecule has 1 heterocycles. The van der Waals surface area contributed by atoms with E-state index in [2.05, 4.69) is 9.98 Å². The third-order valence-electron chi connectivity index (χ3n) is 0.988. The number of aromatic nitrogens is 1. The summed E-state index contributed by atoms with van der Waals surface area (Å²) in [4.78, 5) is 7.87. The van der Waals surface area contributed by atoms with Crippen LogP contribution in [0.3, 0.4) is 0 Å². The van der Waals surface area contributed by atoms with Gasteiger partial charge in [0, 0.05) is 6.20 Å². The van der Waals surface area contributed by atoms with Crippen LogP contribution in [0.25, 0.3) is 0 Å². The first-order valence-corrected chi connectivity index (χ1v) is 3.92. The smallest absolute Gasteiger partial charge is 0.175 e. The maximum atomic E-state index is 5.53. The molecule has 0 aliphatic rings. The second-order valence-electron chi connectivity index (χ2n) is 1.64. The minimum absolute atomic E-state index is 0.580. The Balaban J connectivity index is 3.03. The van der Waals surface area contributed by atoms with Crippen LogP contribution < -0.4 is 5.73 Å². The lowest BCUT2D eigenvalue weighted by Crippen LogP contribution is -1.85. The molecule has 0 spiro atoms. The Morgan fingerprint density at radius 3 is 3.10 bits per heavy atom. The molecule has 52 valence electrons. The number of pyridine rings is 1. The van der Waals surface area contributed by atoms with Gasteiger partial charge in [0.1, 0.15) is 0 Å². The van der Waals surface area contributed by atoms with Crippen molar-refractivity contribution in [3.05, 3.63) is 18.3 Å². The lowest BCUT2D eigenvalue weighted by Gasteiger charge is -1.94. The molecule has 0 saturated carbocycles. The van der Waals surface area contributed by atoms with Crippen LogP contribution in [0.5, 0.6) is 0 Å². The minimum atomic E-state index is 0.580. The summed E-state index contributed by atoms with van der Waals surface area (Å²) in [6, 6.07) is 3.55. The van der Waals surface area contributed by atoms with Gasteiger partial charge >= 0.3 is 0 Å². The van der Waals surface area contributed by atoms with Crippen molar-refractivity contribution < 1.29 is 0 Å². The Morgan fingerprint density at radius 1 is 1.70 bits per heavy atom. The van der Waals surface area contributed by atoms with E-state index >= 15 is 0 Å². The largest absolute Gasteiger partial charge is 0.396 e. The zero-order chi connectivity index (χ0) is 7.40. The molecule has 0 aromatic carbocycles. The maximum absolute atomic E-state index is 5.53. The molecule has 0 saturated heterocycles. The van der Waals surface area contributed by atoms with Gasteiger partial charge in [0.25, 0.3) is 0 Å². The fraction of sp³-hybridized carbons (Fsp3) is 0. The van der Waals surface area contributed by atoms with Gasteiger partial charge in [-0.2, -0.15) is 0 Å². The zero-order valence-corrected chi connectivity index (χ0v) is 7.32. The summed E-state index contributed by atoms with van der Waals surface area (Å²) in [5, 5.41) is 0. The van der Waals surface area contributed by atoms with E-state index in [4.69, 9.17) is 5.73 Å². The van der Waals surface area contributed by atoms with Crippen molar-refractivity contribution in [3.63, 3.8) is 0 Å². The van der Waals surface area contributed by atoms with Gasteiger partial charge in [-0.05, 0) is 34.7 Å². The van der Waals surface area contributed by atoms with E-state index in [1.54, 1.807) is 22.6 Å². The highest BCUT2D eigenvalue weighted by Crippen LogP contribution is 2.15. The van der Waals surface area contributed by atoms with Gasteiger partial charge in [-0.15, -0.1) is 0 Å². The van der Waals surface area contributed by atoms with E-state index in [1.807, 2.05) is 22.6 Å². The Morgan fingerprint density at radius 2 is 2.50 bits per heavy atom. The van der Waals surface area contributed by atoms with Crippen LogP contribution in [0.1, 0.15) is 0 Å². The maximum Gasteiger partial charge on any atom is 0.175 e. The molecule has 0 fully saturated rings. The quantitative estimate of drug-likeness (QED) is 0.607. The fourth-order valence-electron chi connectivity index (χ4n) is 0.563. The molecule has 1 rings (SSSR count). The molecule has 0 bridgehead atoms. The average Bonchev–Trinajstić information content (AvgIpc) is 1.94. The molecule has 3 nitrogen and oxygen atoms in total. The molecule has 0 atom stereocenters. The summed E-state index contributed by atoms with van der Waals surface area (Å²) in [6.45, 7) is 0. The highest BCUT2D eigenvalue weighted by molar-refractivity contribution is 14.1. The highest BCUT2D eigenvalue weighted by Gasteiger charge is 1.92. The molecule has 0 unspecified atom stereocenters. The number of hydrogen-bond acceptors (Lipinski definition) is 3. The van der Waals surface area contributed by atoms with Crippen LogP contribution in [-0.4, -0.2) is 9.21 Å². The first-order chi connectivity index (χ1) is 4.84. The predicted molar refractivity (Wildman–Crippen MR) is 50.8 cm³/mol. The van der Waals surface area contributed by atoms with E-state index in [1.165, 1.54) is 0 Å². The van der Waals surface area contributed by atoms with Crippen LogP contribution in [0, 0.1) is 0 Å². The van der Waals surface area contributed by atoms with Gasteiger partial charge in [0.15, 0.2) is 5.82 Å². The van der Waals surface area contributed by atoms with Crippen LogP contribution in [-0.2, 0) is 0 Å². The van der Waals surface area contributed by atoms with Crippen molar-refractivity contribution in [3.8, 4) is 0 Å². The zero-order valence-electron chi connectivity index (χ0n) is 5.16. The van der Waals surface area contributed by atoms with Gasteiger partial charge in [0.05, 0.1) is 9.91 Å². The van der Waals surface area contributed by atoms with Gasteiger partial charge in [-0.25, -0.2) is 9.98 Å². The molecule has 0 aliphatic heterocycles. The summed E-state index contributed by atoms with van der Waals surface area (Å²) in [7, 11) is 0. The van der Waals surface area contributed by atoms with Gasteiger partial charge in [0.2, 0.25) is 0 Å². The van der Waals surface area contributed by atoms with E-state index < -0.39 is 0 Å². The normalized spacial score (nSPS) is 10.5. The van der Waals surface area contributed by atoms with Gasteiger partial charge in [-0.1, -0.05) is 0 Å². The first kappa shape index (κ1) is 7.46. The Bertz CT molecular complexity index is 247. The van der Waals surface area contributed by atoms with Crippen molar-refractivity contribution in [1.29, 1.82) is 0 Å². The summed E-state index contributed by atoms with van der Waals surface area (Å²) in [6.07, 6.45) is 1.66. The highest BCUT2D eigenvalue weighted by atomic mass is 127. The summed E-state index contributed by atoms with van der Waals surface area (Å²) < 4.78 is 1.64. The minimum Gasteiger partial charge on any atom is -0.396 e. The van der Waals surface area contributed by atoms with E-state index in [9.17, 15) is 0 Å². The summed E-state index contributed by atoms with van der Waals surface area (Å²) >= 11 is 2.02. The number of nitrogen functional groups attached to an aromatic ring is 1. The first-order valence-electron chi connectivity index (χ1n) is 2.68. The fourth-order valence-corrected chi connectivity index (χ4v) is 0.827. The van der Waals surface area contributed by atoms with Crippen molar-refractivity contribution in [2.75, 3.05) is 5.73 Å². The van der Waals surface area contributed by atoms with Crippen LogP contribution >= 0.6 is 22.6 Å². The molecular weight excluding hydrogens is 241 g/mol. The average molecular weight is 247 g/mol. The van der Waals surface area contributed by atoms with E-state index in [0.29, 0.717) is 11.5 Å². The topological polar surface area (TPSA) is 51.3 Å². The molecule has 2 N–H and O–H groups in total. The van der Waals surface area contributed by atoms with Crippen molar-refractivity contribution in [1.82, 2.24) is 4.98 Å². The summed E-state index contributed by atoms with van der Waals surface area (Å²) in [5.41, 5.74) is 6.13. The molecule has 0 radical (unpaired) electrons. The van der Waals surface area contributed by atoms with E-state index in [-0.39, 0.29) is 0 Å². The molecule has 1 aromatic rings. The predicted octanol–water partition coefficient (Wildman–Crippen LogP) is 1.76. The number of hydrogen-bond donors (Lipinski definition) is 1. The van der Waals surface area contributed by atoms with Gasteiger partial charge in [-0.3, -0.25) is 0 Å². The molecular formula is C6H6IN3. The Labute approximate surface area is 72.5 Å². The van der Waals surface area contributed by atoms with Crippen molar-refractivity contribution >= 4 is 38.3 Å². The molecule has 0 aliphatic carbocycles. The summed E-state index contributed by atoms with van der Waals surface area (Å²) in [5.74, 6) is 0.580. The number of nitrogens with zero attached hydrogens (tertiary/aromatic N) is 2. The number of nitrogens with two attached hydrogens (primary N) is 1. The van der Waals surface area contributed by atoms with Gasteiger partial charge < -0.3 is 5.73 Å². The lowest BCUT2D eigenvalue weighted by molar-refractivity contribution is 1.29. The molecule has 10 heavy (non-hydrogen) atoms. The SMILES string of the molecule is Nc1cccnc1N=CI. The Kier molecular flexibility index (Phi) is 2.61. The third kappa shape index (κ3) is 1.66. The standard InChI is InChI=1S/C6H6IN3/c7-4-10-6-5(8)2-1-3-9-6/h1-4H,8H2. The second kappa shape index (κ2) is 3.50. The number of anilines is 1. The Hall–Kier alpha value is -0.650. The molecule has 0 amide bonds. The second-order valence-corrected chi connectivity index (χ2v) is 2.20. The number of halogens is 1. The lowest BCUT2D eigenvalue weighted by atomic mass is 10.4. The van der Waals surface area contributed by atoms with Crippen LogP contribution in [0.15, 0.2) is 23.3 Å². The van der Waals surface area contributed by atoms with Crippen LogP contribution in [0.2, 0.25) is 0 Å². The molecule has 1 aromatic heterocycles. The number of rotatable bonds is 1. The van der Waals surface area contributed by atoms with E-state index in [0.717, 1.165) is 0 Å². The monoisotopic (exact) mass is 247 g/mol. The molecule has 4 heteroatoms.